The molecule has 0 radical (unpaired) electrons. The van der Waals surface area contributed by atoms with Gasteiger partial charge >= 0.3 is 11.9 Å². The third kappa shape index (κ3) is 11.4. The molecule has 2 unspecified atom stereocenters. The van der Waals surface area contributed by atoms with Crippen LogP contribution in [0, 0.1) is 0 Å². The predicted molar refractivity (Wildman–Crippen MR) is 130 cm³/mol. The minimum Gasteiger partial charge on any atom is -0.491 e. The van der Waals surface area contributed by atoms with Gasteiger partial charge in [0.25, 0.3) is 0 Å². The van der Waals surface area contributed by atoms with Crippen LogP contribution in [0.1, 0.15) is 25.0 Å². The molecule has 8 nitrogen and oxygen atoms in total. The Morgan fingerprint density at radius 3 is 1.40 bits per heavy atom. The molecule has 0 aliphatic heterocycles. The molecule has 0 aliphatic carbocycles. The SMILES string of the molecule is CC=CC(=O)OCC(O)COc1ccc(Cc2ccc(OCC(O)COC(=O)C=CC)cc2)cc1. The molecular weight excluding hydrogens is 452 g/mol. The minimum atomic E-state index is -0.918. The van der Waals surface area contributed by atoms with Crippen molar-refractivity contribution in [3.05, 3.63) is 84.0 Å². The van der Waals surface area contributed by atoms with Crippen LogP contribution < -0.4 is 9.47 Å². The van der Waals surface area contributed by atoms with Gasteiger partial charge in [0.2, 0.25) is 0 Å². The number of ether oxygens (including phenoxy) is 4. The molecule has 2 atom stereocenters. The van der Waals surface area contributed by atoms with Gasteiger partial charge in [-0.2, -0.15) is 0 Å². The van der Waals surface area contributed by atoms with Crippen LogP contribution in [0.25, 0.3) is 0 Å². The van der Waals surface area contributed by atoms with E-state index < -0.39 is 24.1 Å². The van der Waals surface area contributed by atoms with Gasteiger partial charge in [-0.25, -0.2) is 9.59 Å². The maximum absolute atomic E-state index is 11.3. The molecule has 0 saturated carbocycles. The Hall–Kier alpha value is -3.62. The molecule has 0 saturated heterocycles. The summed E-state index contributed by atoms with van der Waals surface area (Å²) < 4.78 is 20.9. The first-order valence-electron chi connectivity index (χ1n) is 11.3. The van der Waals surface area contributed by atoms with Crippen molar-refractivity contribution in [1.29, 1.82) is 0 Å². The summed E-state index contributed by atoms with van der Waals surface area (Å²) in [7, 11) is 0. The standard InChI is InChI=1S/C27H32O8/c1-3-5-26(30)34-18-22(28)16-32-24-11-7-20(8-12-24)15-21-9-13-25(14-10-21)33-17-23(29)19-35-27(31)6-4-2/h3-14,22-23,28-29H,15-19H2,1-2H3. The highest BCUT2D eigenvalue weighted by Gasteiger charge is 2.10. The van der Waals surface area contributed by atoms with Crippen LogP contribution in [-0.4, -0.2) is 60.8 Å². The number of rotatable bonds is 14. The smallest absolute Gasteiger partial charge is 0.330 e. The molecule has 2 aromatic carbocycles. The van der Waals surface area contributed by atoms with Crippen molar-refractivity contribution >= 4 is 11.9 Å². The van der Waals surface area contributed by atoms with Crippen LogP contribution in [0.5, 0.6) is 11.5 Å². The second kappa shape index (κ2) is 15.3. The largest absolute Gasteiger partial charge is 0.491 e. The Morgan fingerprint density at radius 2 is 1.06 bits per heavy atom. The highest BCUT2D eigenvalue weighted by Crippen LogP contribution is 2.18. The Balaban J connectivity index is 1.73. The number of carbonyl (C=O) groups excluding carboxylic acids is 2. The van der Waals surface area contributed by atoms with Gasteiger partial charge < -0.3 is 29.2 Å². The zero-order valence-corrected chi connectivity index (χ0v) is 20.0. The van der Waals surface area contributed by atoms with E-state index >= 15 is 0 Å². The fourth-order valence-corrected chi connectivity index (χ4v) is 2.85. The molecule has 0 bridgehead atoms. The van der Waals surface area contributed by atoms with E-state index in [1.165, 1.54) is 12.2 Å². The Bertz CT molecular complexity index is 884. The molecule has 188 valence electrons. The number of esters is 2. The van der Waals surface area contributed by atoms with E-state index in [0.29, 0.717) is 17.9 Å². The van der Waals surface area contributed by atoms with Crippen LogP contribution in [0.15, 0.2) is 72.8 Å². The van der Waals surface area contributed by atoms with Gasteiger partial charge in [-0.05, 0) is 55.7 Å². The second-order valence-electron chi connectivity index (χ2n) is 7.65. The number of hydrogen-bond donors (Lipinski definition) is 2. The van der Waals surface area contributed by atoms with Crippen LogP contribution in [0.3, 0.4) is 0 Å². The lowest BCUT2D eigenvalue weighted by atomic mass is 10.0. The summed E-state index contributed by atoms with van der Waals surface area (Å²) in [4.78, 5) is 22.5. The highest BCUT2D eigenvalue weighted by atomic mass is 16.6. The normalized spacial score (nSPS) is 12.9. The molecule has 0 fully saturated rings. The quantitative estimate of drug-likeness (QED) is 0.311. The van der Waals surface area contributed by atoms with Gasteiger partial charge in [-0.15, -0.1) is 0 Å². The maximum atomic E-state index is 11.3. The van der Waals surface area contributed by atoms with Gasteiger partial charge in [0.1, 0.15) is 50.1 Å². The van der Waals surface area contributed by atoms with Crippen molar-refractivity contribution in [1.82, 2.24) is 0 Å². The summed E-state index contributed by atoms with van der Waals surface area (Å²) in [6.45, 7) is 3.16. The van der Waals surface area contributed by atoms with Crippen LogP contribution in [0.2, 0.25) is 0 Å². The lowest BCUT2D eigenvalue weighted by Crippen LogP contribution is -2.24. The van der Waals surface area contributed by atoms with Crippen LogP contribution >= 0.6 is 0 Å². The minimum absolute atomic E-state index is 0.0108. The van der Waals surface area contributed by atoms with Crippen molar-refractivity contribution in [2.24, 2.45) is 0 Å². The number of aliphatic hydroxyl groups is 2. The first kappa shape index (κ1) is 27.6. The van der Waals surface area contributed by atoms with E-state index in [0.717, 1.165) is 11.1 Å². The van der Waals surface area contributed by atoms with Gasteiger partial charge in [0.05, 0.1) is 0 Å². The van der Waals surface area contributed by atoms with E-state index in [9.17, 15) is 19.8 Å². The average molecular weight is 485 g/mol. The molecule has 0 aliphatic rings. The second-order valence-corrected chi connectivity index (χ2v) is 7.65. The van der Waals surface area contributed by atoms with E-state index in [4.69, 9.17) is 18.9 Å². The van der Waals surface area contributed by atoms with E-state index in [1.54, 1.807) is 26.0 Å². The van der Waals surface area contributed by atoms with E-state index in [-0.39, 0.29) is 26.4 Å². The third-order valence-electron chi connectivity index (χ3n) is 4.58. The van der Waals surface area contributed by atoms with Crippen molar-refractivity contribution in [3.63, 3.8) is 0 Å². The summed E-state index contributed by atoms with van der Waals surface area (Å²) in [5.74, 6) is 0.199. The van der Waals surface area contributed by atoms with E-state index in [1.807, 2.05) is 48.5 Å². The number of carbonyl (C=O) groups is 2. The van der Waals surface area contributed by atoms with Crippen LogP contribution in [-0.2, 0) is 25.5 Å². The monoisotopic (exact) mass is 484 g/mol. The predicted octanol–water partition coefficient (Wildman–Crippen LogP) is 3.00. The van der Waals surface area contributed by atoms with Crippen LogP contribution in [0.4, 0.5) is 0 Å². The number of aliphatic hydroxyl groups excluding tert-OH is 2. The molecule has 2 rings (SSSR count). The summed E-state index contributed by atoms with van der Waals surface area (Å²) in [5.41, 5.74) is 2.15. The molecule has 0 aromatic heterocycles. The van der Waals surface area contributed by atoms with Crippen molar-refractivity contribution in [2.75, 3.05) is 26.4 Å². The van der Waals surface area contributed by atoms with Gasteiger partial charge in [-0.1, -0.05) is 36.4 Å². The summed E-state index contributed by atoms with van der Waals surface area (Å²) >= 11 is 0. The number of benzene rings is 2. The molecule has 2 N–H and O–H groups in total. The zero-order valence-electron chi connectivity index (χ0n) is 20.0. The lowest BCUT2D eigenvalue weighted by Gasteiger charge is -2.13. The molecule has 35 heavy (non-hydrogen) atoms. The summed E-state index contributed by atoms with van der Waals surface area (Å²) in [5, 5.41) is 19.7. The molecule has 8 heteroatoms. The highest BCUT2D eigenvalue weighted by molar-refractivity contribution is 5.82. The van der Waals surface area contributed by atoms with Crippen molar-refractivity contribution in [2.45, 2.75) is 32.5 Å². The third-order valence-corrected chi connectivity index (χ3v) is 4.58. The van der Waals surface area contributed by atoms with Gasteiger partial charge in [0, 0.05) is 12.2 Å². The number of allylic oxidation sites excluding steroid dienone is 2. The molecule has 2 aromatic rings. The Kier molecular flexibility index (Phi) is 12.1. The summed E-state index contributed by atoms with van der Waals surface area (Å²) in [6, 6.07) is 15.0. The van der Waals surface area contributed by atoms with Crippen molar-refractivity contribution in [3.8, 4) is 11.5 Å². The molecular formula is C27H32O8. The van der Waals surface area contributed by atoms with Gasteiger partial charge in [0.15, 0.2) is 0 Å². The number of hydrogen-bond acceptors (Lipinski definition) is 8. The van der Waals surface area contributed by atoms with Crippen molar-refractivity contribution < 1.29 is 38.7 Å². The lowest BCUT2D eigenvalue weighted by molar-refractivity contribution is -0.142. The summed E-state index contributed by atoms with van der Waals surface area (Å²) in [6.07, 6.45) is 4.57. The Morgan fingerprint density at radius 1 is 0.686 bits per heavy atom. The first-order valence-corrected chi connectivity index (χ1v) is 11.3. The molecule has 0 amide bonds. The zero-order chi connectivity index (χ0) is 25.5. The first-order chi connectivity index (χ1) is 16.9. The average Bonchev–Trinajstić information content (AvgIpc) is 2.86. The fourth-order valence-electron chi connectivity index (χ4n) is 2.85. The molecule has 0 heterocycles. The topological polar surface area (TPSA) is 112 Å². The van der Waals surface area contributed by atoms with E-state index in [2.05, 4.69) is 0 Å². The Labute approximate surface area is 205 Å². The maximum Gasteiger partial charge on any atom is 0.330 e. The van der Waals surface area contributed by atoms with Gasteiger partial charge in [-0.3, -0.25) is 0 Å². The molecule has 0 spiro atoms. The fraction of sp³-hybridized carbons (Fsp3) is 0.333.